The van der Waals surface area contributed by atoms with E-state index in [2.05, 4.69) is 40.4 Å². The van der Waals surface area contributed by atoms with Gasteiger partial charge in [-0.05, 0) is 76.3 Å². The van der Waals surface area contributed by atoms with E-state index in [0.717, 1.165) is 10.0 Å². The first kappa shape index (κ1) is 23.5. The van der Waals surface area contributed by atoms with E-state index in [-0.39, 0.29) is 11.8 Å². The van der Waals surface area contributed by atoms with Crippen molar-refractivity contribution in [3.8, 4) is 5.75 Å². The molecule has 5 nitrogen and oxygen atoms in total. The second-order valence-corrected chi connectivity index (χ2v) is 8.77. The molecule has 0 aromatic heterocycles. The molecule has 0 fully saturated rings. The molecular formula is C26H27BrN2O3. The summed E-state index contributed by atoms with van der Waals surface area (Å²) in [5.74, 6) is 0.861. The van der Waals surface area contributed by atoms with E-state index in [0.29, 0.717) is 48.1 Å². The van der Waals surface area contributed by atoms with E-state index >= 15 is 0 Å². The van der Waals surface area contributed by atoms with Gasteiger partial charge in [0.25, 0.3) is 5.91 Å². The van der Waals surface area contributed by atoms with Gasteiger partial charge in [0.15, 0.2) is 0 Å². The van der Waals surface area contributed by atoms with Gasteiger partial charge in [-0.15, -0.1) is 0 Å². The lowest BCUT2D eigenvalue weighted by molar-refractivity contribution is -0.116. The van der Waals surface area contributed by atoms with Crippen molar-refractivity contribution in [2.45, 2.75) is 26.7 Å². The highest BCUT2D eigenvalue weighted by Gasteiger charge is 2.11. The minimum absolute atomic E-state index is 0.0461. The molecule has 2 amide bonds. The van der Waals surface area contributed by atoms with Crippen molar-refractivity contribution in [2.24, 2.45) is 5.92 Å². The third kappa shape index (κ3) is 7.24. The smallest absolute Gasteiger partial charge is 0.255 e. The quantitative estimate of drug-likeness (QED) is 0.366. The maximum Gasteiger partial charge on any atom is 0.255 e. The highest BCUT2D eigenvalue weighted by Crippen LogP contribution is 2.27. The minimum Gasteiger partial charge on any atom is -0.492 e. The van der Waals surface area contributed by atoms with E-state index in [1.807, 2.05) is 30.3 Å². The number of hydrogen-bond donors (Lipinski definition) is 2. The van der Waals surface area contributed by atoms with E-state index in [1.165, 1.54) is 0 Å². The van der Waals surface area contributed by atoms with Crippen molar-refractivity contribution in [3.63, 3.8) is 0 Å². The fraction of sp³-hybridized carbons (Fsp3) is 0.231. The topological polar surface area (TPSA) is 67.4 Å². The number of nitrogens with one attached hydrogen (secondary N) is 2. The molecule has 0 heterocycles. The van der Waals surface area contributed by atoms with Crippen molar-refractivity contribution in [1.82, 2.24) is 0 Å². The molecule has 0 radical (unpaired) electrons. The standard InChI is InChI=1S/C26H27BrN2O3/c1-18(2)17-32-24-14-9-20(16-23(24)27)26(31)29-22-12-10-21(11-13-22)28-25(30)15-8-19-6-4-3-5-7-19/h3-7,9-14,16,18H,8,15,17H2,1-2H3,(H,28,30)(H,29,31). The molecule has 0 aliphatic heterocycles. The zero-order valence-corrected chi connectivity index (χ0v) is 19.8. The largest absolute Gasteiger partial charge is 0.492 e. The molecule has 3 rings (SSSR count). The van der Waals surface area contributed by atoms with Gasteiger partial charge in [0.2, 0.25) is 5.91 Å². The SMILES string of the molecule is CC(C)COc1ccc(C(=O)Nc2ccc(NC(=O)CCc3ccccc3)cc2)cc1Br. The number of halogens is 1. The molecule has 6 heteroatoms. The molecule has 0 aliphatic carbocycles. The van der Waals surface area contributed by atoms with Crippen LogP contribution in [-0.2, 0) is 11.2 Å². The zero-order valence-electron chi connectivity index (χ0n) is 18.2. The number of benzene rings is 3. The Morgan fingerprint density at radius 3 is 2.19 bits per heavy atom. The molecule has 0 unspecified atom stereocenters. The van der Waals surface area contributed by atoms with E-state index in [4.69, 9.17) is 4.74 Å². The average Bonchev–Trinajstić information content (AvgIpc) is 2.78. The van der Waals surface area contributed by atoms with E-state index in [1.54, 1.807) is 42.5 Å². The molecule has 166 valence electrons. The summed E-state index contributed by atoms with van der Waals surface area (Å²) in [5, 5.41) is 5.76. The molecular weight excluding hydrogens is 468 g/mol. The lowest BCUT2D eigenvalue weighted by atomic mass is 10.1. The van der Waals surface area contributed by atoms with E-state index < -0.39 is 0 Å². The second-order valence-electron chi connectivity index (χ2n) is 7.92. The Kier molecular flexibility index (Phi) is 8.45. The number of anilines is 2. The Hall–Kier alpha value is -3.12. The fourth-order valence-electron chi connectivity index (χ4n) is 2.98. The predicted molar refractivity (Wildman–Crippen MR) is 132 cm³/mol. The van der Waals surface area contributed by atoms with Gasteiger partial charge in [-0.1, -0.05) is 44.2 Å². The Bertz CT molecular complexity index is 1050. The maximum absolute atomic E-state index is 12.6. The highest BCUT2D eigenvalue weighted by molar-refractivity contribution is 9.10. The number of ether oxygens (including phenoxy) is 1. The van der Waals surface area contributed by atoms with Crippen LogP contribution in [0.25, 0.3) is 0 Å². The van der Waals surface area contributed by atoms with Gasteiger partial charge < -0.3 is 15.4 Å². The maximum atomic E-state index is 12.6. The minimum atomic E-state index is -0.222. The summed E-state index contributed by atoms with van der Waals surface area (Å²) in [6, 6.07) is 22.2. The molecule has 3 aromatic carbocycles. The van der Waals surface area contributed by atoms with Crippen LogP contribution >= 0.6 is 15.9 Å². The van der Waals surface area contributed by atoms with Crippen LogP contribution in [0.3, 0.4) is 0 Å². The average molecular weight is 495 g/mol. The van der Waals surface area contributed by atoms with Crippen LogP contribution < -0.4 is 15.4 Å². The Labute approximate surface area is 197 Å². The molecule has 0 saturated heterocycles. The summed E-state index contributed by atoms with van der Waals surface area (Å²) in [5.41, 5.74) is 2.99. The van der Waals surface area contributed by atoms with Gasteiger partial charge in [0.1, 0.15) is 5.75 Å². The van der Waals surface area contributed by atoms with Crippen molar-refractivity contribution in [3.05, 3.63) is 88.4 Å². The molecule has 0 saturated carbocycles. The monoisotopic (exact) mass is 494 g/mol. The van der Waals surface area contributed by atoms with Crippen LogP contribution in [0, 0.1) is 5.92 Å². The van der Waals surface area contributed by atoms with Crippen molar-refractivity contribution in [2.75, 3.05) is 17.2 Å². The second kappa shape index (κ2) is 11.5. The number of carbonyl (C=O) groups is 2. The summed E-state index contributed by atoms with van der Waals surface area (Å²) in [4.78, 5) is 24.8. The number of amides is 2. The van der Waals surface area contributed by atoms with Gasteiger partial charge in [-0.2, -0.15) is 0 Å². The lowest BCUT2D eigenvalue weighted by Gasteiger charge is -2.12. The number of rotatable bonds is 9. The molecule has 3 aromatic rings. The number of carbonyl (C=O) groups excluding carboxylic acids is 2. The predicted octanol–water partition coefficient (Wildman–Crippen LogP) is 6.31. The third-order valence-corrected chi connectivity index (χ3v) is 5.30. The Morgan fingerprint density at radius 2 is 1.56 bits per heavy atom. The van der Waals surface area contributed by atoms with Crippen LogP contribution in [0.4, 0.5) is 11.4 Å². The van der Waals surface area contributed by atoms with Crippen molar-refractivity contribution < 1.29 is 14.3 Å². The number of hydrogen-bond acceptors (Lipinski definition) is 3. The fourth-order valence-corrected chi connectivity index (χ4v) is 3.48. The first-order chi connectivity index (χ1) is 15.4. The summed E-state index contributed by atoms with van der Waals surface area (Å²) in [7, 11) is 0. The molecule has 0 spiro atoms. The molecule has 2 N–H and O–H groups in total. The lowest BCUT2D eigenvalue weighted by Crippen LogP contribution is -2.13. The van der Waals surface area contributed by atoms with Gasteiger partial charge >= 0.3 is 0 Å². The van der Waals surface area contributed by atoms with Crippen molar-refractivity contribution in [1.29, 1.82) is 0 Å². The molecule has 32 heavy (non-hydrogen) atoms. The Morgan fingerprint density at radius 1 is 0.906 bits per heavy atom. The molecule has 0 aliphatic rings. The van der Waals surface area contributed by atoms with Crippen LogP contribution in [0.15, 0.2) is 77.3 Å². The first-order valence-corrected chi connectivity index (χ1v) is 11.4. The summed E-state index contributed by atoms with van der Waals surface area (Å²) in [6.07, 6.45) is 1.10. The van der Waals surface area contributed by atoms with Crippen LogP contribution in [0.2, 0.25) is 0 Å². The normalized spacial score (nSPS) is 10.6. The molecule has 0 atom stereocenters. The van der Waals surface area contributed by atoms with Crippen LogP contribution in [-0.4, -0.2) is 18.4 Å². The van der Waals surface area contributed by atoms with Gasteiger partial charge in [0, 0.05) is 23.4 Å². The van der Waals surface area contributed by atoms with Gasteiger partial charge in [-0.3, -0.25) is 9.59 Å². The Balaban J connectivity index is 1.52. The molecule has 0 bridgehead atoms. The summed E-state index contributed by atoms with van der Waals surface area (Å²) < 4.78 is 6.46. The van der Waals surface area contributed by atoms with Gasteiger partial charge in [0.05, 0.1) is 11.1 Å². The first-order valence-electron chi connectivity index (χ1n) is 10.6. The van der Waals surface area contributed by atoms with Crippen molar-refractivity contribution >= 4 is 39.1 Å². The van der Waals surface area contributed by atoms with Gasteiger partial charge in [-0.25, -0.2) is 0 Å². The van der Waals surface area contributed by atoms with Crippen LogP contribution in [0.5, 0.6) is 5.75 Å². The van der Waals surface area contributed by atoms with E-state index in [9.17, 15) is 9.59 Å². The number of aryl methyl sites for hydroxylation is 1. The zero-order chi connectivity index (χ0) is 22.9. The third-order valence-electron chi connectivity index (χ3n) is 4.68. The summed E-state index contributed by atoms with van der Waals surface area (Å²) >= 11 is 3.47. The summed E-state index contributed by atoms with van der Waals surface area (Å²) in [6.45, 7) is 4.77. The highest BCUT2D eigenvalue weighted by atomic mass is 79.9. The van der Waals surface area contributed by atoms with Crippen LogP contribution in [0.1, 0.15) is 36.2 Å².